The molecule has 0 saturated heterocycles. The molecule has 0 unspecified atom stereocenters. The first kappa shape index (κ1) is 13.2. The van der Waals surface area contributed by atoms with E-state index in [4.69, 9.17) is 5.11 Å². The molecule has 2 rings (SSSR count). The van der Waals surface area contributed by atoms with Gasteiger partial charge in [-0.15, -0.1) is 0 Å². The number of aromatic carboxylic acids is 1. The van der Waals surface area contributed by atoms with Crippen LogP contribution >= 0.6 is 34.4 Å². The molecule has 0 aromatic heterocycles. The molecule has 0 aliphatic rings. The normalized spacial score (nSPS) is 10.3. The van der Waals surface area contributed by atoms with Crippen molar-refractivity contribution in [1.82, 2.24) is 0 Å². The van der Waals surface area contributed by atoms with Gasteiger partial charge in [0.05, 0.1) is 9.13 Å². The van der Waals surface area contributed by atoms with Crippen molar-refractivity contribution in [2.45, 2.75) is 9.79 Å². The SMILES string of the molecule is O=C(O)c1ccc(Sc2ccc(O)c(I)c2)cc1. The number of phenolic OH excluding ortho intramolecular Hbond substituents is 1. The number of hydrogen-bond donors (Lipinski definition) is 2. The number of benzene rings is 2. The Balaban J connectivity index is 2.18. The van der Waals surface area contributed by atoms with Crippen molar-refractivity contribution >= 4 is 40.3 Å². The predicted octanol–water partition coefficient (Wildman–Crippen LogP) is 3.85. The molecule has 0 radical (unpaired) electrons. The molecule has 2 aromatic rings. The fourth-order valence-electron chi connectivity index (χ4n) is 1.35. The van der Waals surface area contributed by atoms with Gasteiger partial charge in [-0.3, -0.25) is 0 Å². The zero-order valence-corrected chi connectivity index (χ0v) is 12.1. The van der Waals surface area contributed by atoms with Crippen LogP contribution in [-0.2, 0) is 0 Å². The Hall–Kier alpha value is -1.21. The van der Waals surface area contributed by atoms with Gasteiger partial charge in [0.15, 0.2) is 0 Å². The Morgan fingerprint density at radius 1 is 1.06 bits per heavy atom. The van der Waals surface area contributed by atoms with Crippen molar-refractivity contribution in [3.63, 3.8) is 0 Å². The van der Waals surface area contributed by atoms with Crippen molar-refractivity contribution in [3.05, 3.63) is 51.6 Å². The molecular weight excluding hydrogens is 363 g/mol. The van der Waals surface area contributed by atoms with Gasteiger partial charge in [-0.2, -0.15) is 0 Å². The lowest BCUT2D eigenvalue weighted by molar-refractivity contribution is 0.0697. The maximum Gasteiger partial charge on any atom is 0.335 e. The molecule has 0 atom stereocenters. The summed E-state index contributed by atoms with van der Waals surface area (Å²) in [5.74, 6) is -0.660. The van der Waals surface area contributed by atoms with Gasteiger partial charge < -0.3 is 10.2 Å². The summed E-state index contributed by atoms with van der Waals surface area (Å²) in [5, 5.41) is 18.2. The van der Waals surface area contributed by atoms with Crippen LogP contribution < -0.4 is 0 Å². The molecule has 0 aliphatic carbocycles. The van der Waals surface area contributed by atoms with Gasteiger partial charge in [0.2, 0.25) is 0 Å². The predicted molar refractivity (Wildman–Crippen MR) is 78.3 cm³/mol. The van der Waals surface area contributed by atoms with Crippen LogP contribution in [0.2, 0.25) is 0 Å². The van der Waals surface area contributed by atoms with Gasteiger partial charge in [-0.05, 0) is 65.1 Å². The molecule has 92 valence electrons. The monoisotopic (exact) mass is 372 g/mol. The quantitative estimate of drug-likeness (QED) is 0.804. The summed E-state index contributed by atoms with van der Waals surface area (Å²) in [7, 11) is 0. The van der Waals surface area contributed by atoms with E-state index in [1.807, 2.05) is 12.1 Å². The number of aromatic hydroxyl groups is 1. The maximum absolute atomic E-state index is 10.7. The highest BCUT2D eigenvalue weighted by Crippen LogP contribution is 2.31. The van der Waals surface area contributed by atoms with E-state index in [1.54, 1.807) is 30.3 Å². The lowest BCUT2D eigenvalue weighted by Crippen LogP contribution is -1.94. The van der Waals surface area contributed by atoms with Crippen molar-refractivity contribution < 1.29 is 15.0 Å². The fourth-order valence-corrected chi connectivity index (χ4v) is 2.94. The number of rotatable bonds is 3. The highest BCUT2D eigenvalue weighted by atomic mass is 127. The van der Waals surface area contributed by atoms with E-state index < -0.39 is 5.97 Å². The van der Waals surface area contributed by atoms with Crippen LogP contribution in [0.25, 0.3) is 0 Å². The Kier molecular flexibility index (Phi) is 4.13. The number of hydrogen-bond acceptors (Lipinski definition) is 3. The summed E-state index contributed by atoms with van der Waals surface area (Å²) in [6.07, 6.45) is 0. The van der Waals surface area contributed by atoms with Crippen LogP contribution in [0, 0.1) is 3.57 Å². The Morgan fingerprint density at radius 3 is 2.22 bits per heavy atom. The number of carbonyl (C=O) groups is 1. The lowest BCUT2D eigenvalue weighted by atomic mass is 10.2. The molecule has 0 bridgehead atoms. The number of carboxylic acid groups (broad SMARTS) is 1. The van der Waals surface area contributed by atoms with Crippen LogP contribution in [0.15, 0.2) is 52.3 Å². The Labute approximate surface area is 122 Å². The third-order valence-electron chi connectivity index (χ3n) is 2.26. The Bertz CT molecular complexity index is 581. The third kappa shape index (κ3) is 3.17. The molecule has 5 heteroatoms. The number of phenols is 1. The number of halogens is 1. The first-order chi connectivity index (χ1) is 8.56. The standard InChI is InChI=1S/C13H9IO3S/c14-11-7-10(5-6-12(11)15)18-9-3-1-8(2-4-9)13(16)17/h1-7,15H,(H,16,17). The minimum atomic E-state index is -0.925. The Morgan fingerprint density at radius 2 is 1.67 bits per heavy atom. The van der Waals surface area contributed by atoms with Crippen molar-refractivity contribution in [2.75, 3.05) is 0 Å². The van der Waals surface area contributed by atoms with E-state index in [9.17, 15) is 9.90 Å². The van der Waals surface area contributed by atoms with Crippen LogP contribution in [0.5, 0.6) is 5.75 Å². The summed E-state index contributed by atoms with van der Waals surface area (Å²) in [4.78, 5) is 12.7. The van der Waals surface area contributed by atoms with Crippen LogP contribution in [-0.4, -0.2) is 16.2 Å². The van der Waals surface area contributed by atoms with Gasteiger partial charge in [-0.25, -0.2) is 4.79 Å². The van der Waals surface area contributed by atoms with Gasteiger partial charge in [0.25, 0.3) is 0 Å². The second-order valence-corrected chi connectivity index (χ2v) is 5.85. The van der Waals surface area contributed by atoms with E-state index in [-0.39, 0.29) is 11.3 Å². The average molecular weight is 372 g/mol. The van der Waals surface area contributed by atoms with Gasteiger partial charge in [-0.1, -0.05) is 11.8 Å². The summed E-state index contributed by atoms with van der Waals surface area (Å²) in [5.41, 5.74) is 0.277. The topological polar surface area (TPSA) is 57.5 Å². The van der Waals surface area contributed by atoms with Crippen molar-refractivity contribution in [3.8, 4) is 5.75 Å². The summed E-state index contributed by atoms with van der Waals surface area (Å²) in [6, 6.07) is 12.1. The largest absolute Gasteiger partial charge is 0.507 e. The second kappa shape index (κ2) is 5.62. The van der Waals surface area contributed by atoms with Crippen LogP contribution in [0.4, 0.5) is 0 Å². The zero-order valence-electron chi connectivity index (χ0n) is 9.13. The summed E-state index contributed by atoms with van der Waals surface area (Å²) < 4.78 is 0.791. The molecule has 3 nitrogen and oxygen atoms in total. The molecule has 0 fully saturated rings. The first-order valence-corrected chi connectivity index (χ1v) is 6.95. The lowest BCUT2D eigenvalue weighted by Gasteiger charge is -2.04. The zero-order chi connectivity index (χ0) is 13.1. The van der Waals surface area contributed by atoms with Gasteiger partial charge >= 0.3 is 5.97 Å². The van der Waals surface area contributed by atoms with E-state index >= 15 is 0 Å². The van der Waals surface area contributed by atoms with E-state index in [1.165, 1.54) is 11.8 Å². The van der Waals surface area contributed by atoms with E-state index in [2.05, 4.69) is 22.6 Å². The van der Waals surface area contributed by atoms with E-state index in [0.29, 0.717) is 0 Å². The molecule has 0 spiro atoms. The summed E-state index contributed by atoms with van der Waals surface area (Å²) >= 11 is 3.59. The van der Waals surface area contributed by atoms with Crippen molar-refractivity contribution in [2.24, 2.45) is 0 Å². The summed E-state index contributed by atoms with van der Waals surface area (Å²) in [6.45, 7) is 0. The first-order valence-electron chi connectivity index (χ1n) is 5.06. The molecule has 2 N–H and O–H groups in total. The van der Waals surface area contributed by atoms with Crippen LogP contribution in [0.3, 0.4) is 0 Å². The molecule has 0 saturated carbocycles. The molecule has 0 heterocycles. The van der Waals surface area contributed by atoms with Crippen LogP contribution in [0.1, 0.15) is 10.4 Å². The fraction of sp³-hybridized carbons (Fsp3) is 0. The average Bonchev–Trinajstić information content (AvgIpc) is 2.34. The molecule has 18 heavy (non-hydrogen) atoms. The molecular formula is C13H9IO3S. The molecule has 0 amide bonds. The second-order valence-electron chi connectivity index (χ2n) is 3.54. The highest BCUT2D eigenvalue weighted by Gasteiger charge is 2.04. The number of carboxylic acids is 1. The minimum absolute atomic E-state index is 0.265. The van der Waals surface area contributed by atoms with E-state index in [0.717, 1.165) is 13.4 Å². The minimum Gasteiger partial charge on any atom is -0.507 e. The van der Waals surface area contributed by atoms with Crippen molar-refractivity contribution in [1.29, 1.82) is 0 Å². The smallest absolute Gasteiger partial charge is 0.335 e. The highest BCUT2D eigenvalue weighted by molar-refractivity contribution is 14.1. The maximum atomic E-state index is 10.7. The third-order valence-corrected chi connectivity index (χ3v) is 4.12. The van der Waals surface area contributed by atoms with Gasteiger partial charge in [0, 0.05) is 9.79 Å². The molecule has 0 aliphatic heterocycles. The van der Waals surface area contributed by atoms with Gasteiger partial charge in [0.1, 0.15) is 5.75 Å². The molecule has 2 aromatic carbocycles.